The lowest BCUT2D eigenvalue weighted by Crippen LogP contribution is -2.44. The van der Waals surface area contributed by atoms with Crippen molar-refractivity contribution >= 4 is 23.1 Å². The summed E-state index contributed by atoms with van der Waals surface area (Å²) >= 11 is 0. The van der Waals surface area contributed by atoms with Crippen molar-refractivity contribution in [1.82, 2.24) is 14.7 Å². The van der Waals surface area contributed by atoms with Crippen LogP contribution >= 0.6 is 0 Å². The summed E-state index contributed by atoms with van der Waals surface area (Å²) in [7, 11) is 0. The number of nitrogens with one attached hydrogen (secondary N) is 2. The monoisotopic (exact) mass is 392 g/mol. The van der Waals surface area contributed by atoms with Gasteiger partial charge in [0.2, 0.25) is 0 Å². The van der Waals surface area contributed by atoms with E-state index in [4.69, 9.17) is 0 Å². The normalized spacial score (nSPS) is 15.8. The molecule has 0 bridgehead atoms. The van der Waals surface area contributed by atoms with Crippen LogP contribution in [0.25, 0.3) is 5.65 Å². The first-order valence-corrected chi connectivity index (χ1v) is 9.88. The molecule has 150 valence electrons. The van der Waals surface area contributed by atoms with Crippen LogP contribution < -0.4 is 10.6 Å². The van der Waals surface area contributed by atoms with Crippen molar-refractivity contribution in [2.45, 2.75) is 37.7 Å². The minimum atomic E-state index is -0.817. The number of aliphatic hydroxyl groups is 1. The zero-order valence-electron chi connectivity index (χ0n) is 16.1. The highest BCUT2D eigenvalue weighted by molar-refractivity contribution is 6.04. The molecule has 1 fully saturated rings. The van der Waals surface area contributed by atoms with Crippen LogP contribution in [0, 0.1) is 0 Å². The Labute approximate surface area is 168 Å². The second-order valence-electron chi connectivity index (χ2n) is 7.57. The van der Waals surface area contributed by atoms with Crippen LogP contribution in [0.2, 0.25) is 0 Å². The maximum Gasteiger partial charge on any atom is 0.274 e. The van der Waals surface area contributed by atoms with Gasteiger partial charge in [0, 0.05) is 24.0 Å². The highest BCUT2D eigenvalue weighted by Gasteiger charge is 2.29. The van der Waals surface area contributed by atoms with Crippen molar-refractivity contribution in [2.75, 3.05) is 11.9 Å². The Morgan fingerprint density at radius 2 is 1.90 bits per heavy atom. The van der Waals surface area contributed by atoms with Crippen molar-refractivity contribution in [3.8, 4) is 0 Å². The van der Waals surface area contributed by atoms with Crippen LogP contribution in [0.3, 0.4) is 0 Å². The van der Waals surface area contributed by atoms with Crippen molar-refractivity contribution < 1.29 is 14.7 Å². The van der Waals surface area contributed by atoms with Crippen LogP contribution in [0.5, 0.6) is 0 Å². The summed E-state index contributed by atoms with van der Waals surface area (Å²) in [5.74, 6) is -0.576. The van der Waals surface area contributed by atoms with E-state index in [1.807, 2.05) is 18.2 Å². The second-order valence-corrected chi connectivity index (χ2v) is 7.57. The van der Waals surface area contributed by atoms with Gasteiger partial charge in [0.25, 0.3) is 11.8 Å². The fourth-order valence-corrected chi connectivity index (χ4v) is 3.77. The fourth-order valence-electron chi connectivity index (χ4n) is 3.77. The van der Waals surface area contributed by atoms with E-state index in [2.05, 4.69) is 15.6 Å². The number of pyridine rings is 1. The van der Waals surface area contributed by atoms with Gasteiger partial charge in [0.15, 0.2) is 0 Å². The summed E-state index contributed by atoms with van der Waals surface area (Å²) in [6.07, 6.45) is 7.81. The highest BCUT2D eigenvalue weighted by atomic mass is 16.3. The van der Waals surface area contributed by atoms with E-state index in [9.17, 15) is 14.7 Å². The third kappa shape index (κ3) is 4.30. The lowest BCUT2D eigenvalue weighted by Gasteiger charge is -2.32. The Morgan fingerprint density at radius 1 is 1.07 bits per heavy atom. The second kappa shape index (κ2) is 8.05. The molecule has 0 spiro atoms. The van der Waals surface area contributed by atoms with E-state index in [0.29, 0.717) is 35.4 Å². The molecule has 7 nitrogen and oxygen atoms in total. The molecular formula is C22H24N4O3. The molecule has 1 aromatic carbocycles. The summed E-state index contributed by atoms with van der Waals surface area (Å²) in [6.45, 7) is 0.240. The first-order chi connectivity index (χ1) is 14.0. The highest BCUT2D eigenvalue weighted by Crippen LogP contribution is 2.27. The standard InChI is InChI=1S/C22H24N4O3/c27-20(24-15-22(29)10-3-1-4-11-22)16-7-6-8-17(13-16)25-21(28)18-14-23-19-9-2-5-12-26(18)19/h2,5-9,12-14,29H,1,3-4,10-11,15H2,(H,24,27)(H,25,28). The molecule has 4 rings (SSSR count). The quantitative estimate of drug-likeness (QED) is 0.622. The molecule has 3 N–H and O–H groups in total. The van der Waals surface area contributed by atoms with E-state index < -0.39 is 5.60 Å². The van der Waals surface area contributed by atoms with Gasteiger partial charge in [-0.25, -0.2) is 4.98 Å². The first kappa shape index (κ1) is 19.1. The van der Waals surface area contributed by atoms with Crippen molar-refractivity contribution in [2.24, 2.45) is 0 Å². The van der Waals surface area contributed by atoms with E-state index in [0.717, 1.165) is 19.3 Å². The summed E-state index contributed by atoms with van der Waals surface area (Å²) in [5.41, 5.74) is 1.23. The smallest absolute Gasteiger partial charge is 0.274 e. The first-order valence-electron chi connectivity index (χ1n) is 9.88. The zero-order valence-corrected chi connectivity index (χ0v) is 16.1. The Kier molecular flexibility index (Phi) is 5.31. The maximum absolute atomic E-state index is 12.6. The van der Waals surface area contributed by atoms with Crippen molar-refractivity contribution in [3.63, 3.8) is 0 Å². The molecule has 0 atom stereocenters. The lowest BCUT2D eigenvalue weighted by atomic mass is 9.85. The summed E-state index contributed by atoms with van der Waals surface area (Å²) in [5, 5.41) is 16.2. The molecular weight excluding hydrogens is 368 g/mol. The molecule has 1 aliphatic carbocycles. The van der Waals surface area contributed by atoms with Crippen molar-refractivity contribution in [1.29, 1.82) is 0 Å². The molecule has 2 aromatic heterocycles. The number of anilines is 1. The number of rotatable bonds is 5. The number of benzene rings is 1. The number of carbonyl (C=O) groups excluding carboxylic acids is 2. The van der Waals surface area contributed by atoms with Crippen LogP contribution in [0.15, 0.2) is 54.9 Å². The Bertz CT molecular complexity index is 1040. The van der Waals surface area contributed by atoms with Gasteiger partial charge in [-0.05, 0) is 43.2 Å². The molecule has 0 unspecified atom stereocenters. The molecule has 7 heteroatoms. The number of amides is 2. The SMILES string of the molecule is O=C(NCC1(O)CCCCC1)c1cccc(NC(=O)c2cnc3ccccn23)c1. The van der Waals surface area contributed by atoms with E-state index in [1.54, 1.807) is 34.9 Å². The number of fused-ring (bicyclic) bond motifs is 1. The average Bonchev–Trinajstić information content (AvgIpc) is 3.17. The molecule has 29 heavy (non-hydrogen) atoms. The molecule has 3 aromatic rings. The topological polar surface area (TPSA) is 95.7 Å². The molecule has 1 aliphatic rings. The fraction of sp³-hybridized carbons (Fsp3) is 0.318. The van der Waals surface area contributed by atoms with Gasteiger partial charge < -0.3 is 15.7 Å². The van der Waals surface area contributed by atoms with Gasteiger partial charge >= 0.3 is 0 Å². The minimum Gasteiger partial charge on any atom is -0.388 e. The number of imidazole rings is 1. The van der Waals surface area contributed by atoms with Crippen LogP contribution in [0.4, 0.5) is 5.69 Å². The third-order valence-corrected chi connectivity index (χ3v) is 5.39. The van der Waals surface area contributed by atoms with Gasteiger partial charge in [0.1, 0.15) is 11.3 Å². The zero-order chi connectivity index (χ0) is 20.3. The van der Waals surface area contributed by atoms with Crippen molar-refractivity contribution in [3.05, 3.63) is 66.1 Å². The van der Waals surface area contributed by atoms with E-state index in [-0.39, 0.29) is 18.4 Å². The number of hydrogen-bond acceptors (Lipinski definition) is 4. The van der Waals surface area contributed by atoms with Crippen LogP contribution in [-0.4, -0.2) is 38.5 Å². The molecule has 0 aliphatic heterocycles. The van der Waals surface area contributed by atoms with Gasteiger partial charge in [-0.1, -0.05) is 31.4 Å². The van der Waals surface area contributed by atoms with Gasteiger partial charge in [-0.2, -0.15) is 0 Å². The van der Waals surface area contributed by atoms with Gasteiger partial charge in [-0.15, -0.1) is 0 Å². The predicted octanol–water partition coefficient (Wildman–Crippen LogP) is 3.01. The Morgan fingerprint density at radius 3 is 2.72 bits per heavy atom. The van der Waals surface area contributed by atoms with E-state index >= 15 is 0 Å². The average molecular weight is 392 g/mol. The lowest BCUT2D eigenvalue weighted by molar-refractivity contribution is 0.00526. The largest absolute Gasteiger partial charge is 0.388 e. The molecule has 1 saturated carbocycles. The summed E-state index contributed by atoms with van der Waals surface area (Å²) in [6, 6.07) is 12.3. The summed E-state index contributed by atoms with van der Waals surface area (Å²) < 4.78 is 1.71. The molecule has 0 saturated heterocycles. The van der Waals surface area contributed by atoms with E-state index in [1.165, 1.54) is 6.20 Å². The maximum atomic E-state index is 12.6. The third-order valence-electron chi connectivity index (χ3n) is 5.39. The Balaban J connectivity index is 1.43. The number of aromatic nitrogens is 2. The Hall–Kier alpha value is -3.19. The number of hydrogen-bond donors (Lipinski definition) is 3. The minimum absolute atomic E-state index is 0.240. The molecule has 2 amide bonds. The predicted molar refractivity (Wildman–Crippen MR) is 110 cm³/mol. The number of nitrogens with zero attached hydrogens (tertiary/aromatic N) is 2. The summed E-state index contributed by atoms with van der Waals surface area (Å²) in [4.78, 5) is 29.4. The molecule has 0 radical (unpaired) electrons. The van der Waals surface area contributed by atoms with Crippen LogP contribution in [0.1, 0.15) is 53.0 Å². The molecule has 2 heterocycles. The van der Waals surface area contributed by atoms with Gasteiger partial charge in [-0.3, -0.25) is 14.0 Å². The number of carbonyl (C=O) groups is 2. The van der Waals surface area contributed by atoms with Crippen LogP contribution in [-0.2, 0) is 0 Å². The van der Waals surface area contributed by atoms with Gasteiger partial charge in [0.05, 0.1) is 11.8 Å².